The number of rotatable bonds is 6. The highest BCUT2D eigenvalue weighted by Crippen LogP contribution is 2.20. The molecule has 26 heavy (non-hydrogen) atoms. The number of nitrogens with zero attached hydrogens (tertiary/aromatic N) is 1. The van der Waals surface area contributed by atoms with Crippen LogP contribution in [0.4, 0.5) is 4.79 Å². The van der Waals surface area contributed by atoms with Gasteiger partial charge in [0.2, 0.25) is 0 Å². The van der Waals surface area contributed by atoms with Gasteiger partial charge in [-0.1, -0.05) is 78.3 Å². The molecule has 0 aliphatic heterocycles. The fourth-order valence-corrected chi connectivity index (χ4v) is 3.43. The molecule has 0 saturated carbocycles. The third-order valence-electron chi connectivity index (χ3n) is 3.77. The second-order valence-electron chi connectivity index (χ2n) is 5.79. The van der Waals surface area contributed by atoms with E-state index in [0.717, 1.165) is 16.0 Å². The van der Waals surface area contributed by atoms with Crippen LogP contribution in [0.5, 0.6) is 0 Å². The Balaban J connectivity index is 1.70. The Kier molecular flexibility index (Phi) is 6.58. The van der Waals surface area contributed by atoms with Crippen molar-refractivity contribution in [2.24, 2.45) is 0 Å². The summed E-state index contributed by atoms with van der Waals surface area (Å²) in [4.78, 5) is 15.5. The molecule has 0 aliphatic rings. The summed E-state index contributed by atoms with van der Waals surface area (Å²) >= 11 is 7.27. The summed E-state index contributed by atoms with van der Waals surface area (Å²) in [5.41, 5.74) is 2.18. The summed E-state index contributed by atoms with van der Waals surface area (Å²) in [6, 6.07) is 27.2. The van der Waals surface area contributed by atoms with Crippen molar-refractivity contribution in [3.8, 4) is 0 Å². The van der Waals surface area contributed by atoms with Crippen LogP contribution in [0.2, 0.25) is 5.02 Å². The van der Waals surface area contributed by atoms with Gasteiger partial charge in [-0.05, 0) is 41.3 Å². The van der Waals surface area contributed by atoms with E-state index < -0.39 is 0 Å². The Labute approximate surface area is 163 Å². The van der Waals surface area contributed by atoms with Crippen molar-refractivity contribution in [2.75, 3.05) is 0 Å². The average molecular weight is 383 g/mol. The molecule has 0 heterocycles. The number of benzene rings is 3. The van der Waals surface area contributed by atoms with E-state index in [9.17, 15) is 4.79 Å². The summed E-state index contributed by atoms with van der Waals surface area (Å²) in [5.74, 6) is 0. The number of hydrogen-bond donors (Lipinski definition) is 1. The summed E-state index contributed by atoms with van der Waals surface area (Å²) in [6.45, 7) is 1.08. The minimum atomic E-state index is -0.136. The van der Waals surface area contributed by atoms with Gasteiger partial charge < -0.3 is 4.90 Å². The van der Waals surface area contributed by atoms with E-state index in [2.05, 4.69) is 4.72 Å². The fourth-order valence-electron chi connectivity index (χ4n) is 2.50. The molecule has 1 N–H and O–H groups in total. The van der Waals surface area contributed by atoms with Crippen LogP contribution in [0.25, 0.3) is 0 Å². The van der Waals surface area contributed by atoms with E-state index in [-0.39, 0.29) is 6.03 Å². The second kappa shape index (κ2) is 9.32. The van der Waals surface area contributed by atoms with Gasteiger partial charge in [-0.2, -0.15) is 0 Å². The van der Waals surface area contributed by atoms with Crippen molar-refractivity contribution < 1.29 is 4.79 Å². The highest BCUT2D eigenvalue weighted by molar-refractivity contribution is 7.98. The topological polar surface area (TPSA) is 32.3 Å². The van der Waals surface area contributed by atoms with E-state index in [1.54, 1.807) is 4.90 Å². The zero-order valence-electron chi connectivity index (χ0n) is 14.1. The van der Waals surface area contributed by atoms with Gasteiger partial charge in [0, 0.05) is 23.0 Å². The Hall–Kier alpha value is -2.43. The first kappa shape index (κ1) is 18.4. The molecular weight excluding hydrogens is 364 g/mol. The van der Waals surface area contributed by atoms with Gasteiger partial charge in [0.1, 0.15) is 0 Å². The Bertz CT molecular complexity index is 801. The average Bonchev–Trinajstić information content (AvgIpc) is 2.67. The van der Waals surface area contributed by atoms with E-state index >= 15 is 0 Å². The SMILES string of the molecule is O=C(NSc1cccc(Cl)c1)N(Cc1ccccc1)Cc1ccccc1. The number of carbonyl (C=O) groups is 1. The zero-order chi connectivity index (χ0) is 18.2. The van der Waals surface area contributed by atoms with Crippen LogP contribution in [0.1, 0.15) is 11.1 Å². The van der Waals surface area contributed by atoms with Crippen LogP contribution in [-0.4, -0.2) is 10.9 Å². The lowest BCUT2D eigenvalue weighted by atomic mass is 10.2. The summed E-state index contributed by atoms with van der Waals surface area (Å²) in [5, 5.41) is 0.648. The molecule has 5 heteroatoms. The molecule has 3 rings (SSSR count). The normalized spacial score (nSPS) is 10.3. The summed E-state index contributed by atoms with van der Waals surface area (Å²) in [6.07, 6.45) is 0. The molecule has 0 radical (unpaired) electrons. The van der Waals surface area contributed by atoms with Crippen molar-refractivity contribution in [1.82, 2.24) is 9.62 Å². The van der Waals surface area contributed by atoms with Crippen LogP contribution >= 0.6 is 23.5 Å². The van der Waals surface area contributed by atoms with Crippen LogP contribution in [0, 0.1) is 0 Å². The van der Waals surface area contributed by atoms with Gasteiger partial charge in [-0.15, -0.1) is 0 Å². The smallest absolute Gasteiger partial charge is 0.315 e. The van der Waals surface area contributed by atoms with Crippen molar-refractivity contribution in [2.45, 2.75) is 18.0 Å². The molecule has 0 unspecified atom stereocenters. The quantitative estimate of drug-likeness (QED) is 0.550. The van der Waals surface area contributed by atoms with Crippen molar-refractivity contribution in [1.29, 1.82) is 0 Å². The van der Waals surface area contributed by atoms with E-state index in [1.807, 2.05) is 84.9 Å². The molecule has 3 nitrogen and oxygen atoms in total. The molecular formula is C21H19ClN2OS. The van der Waals surface area contributed by atoms with Gasteiger partial charge in [-0.3, -0.25) is 4.72 Å². The molecule has 0 bridgehead atoms. The second-order valence-corrected chi connectivity index (χ2v) is 7.11. The van der Waals surface area contributed by atoms with Gasteiger partial charge in [0.25, 0.3) is 0 Å². The first-order valence-electron chi connectivity index (χ1n) is 8.26. The molecule has 2 amide bonds. The standard InChI is InChI=1S/C21H19ClN2OS/c22-19-12-7-13-20(14-19)26-23-21(25)24(15-17-8-3-1-4-9-17)16-18-10-5-2-6-11-18/h1-14H,15-16H2,(H,23,25). The van der Waals surface area contributed by atoms with Crippen molar-refractivity contribution in [3.63, 3.8) is 0 Å². The first-order valence-corrected chi connectivity index (χ1v) is 9.45. The van der Waals surface area contributed by atoms with Crippen molar-refractivity contribution in [3.05, 3.63) is 101 Å². The van der Waals surface area contributed by atoms with Crippen LogP contribution in [0.15, 0.2) is 89.8 Å². The maximum absolute atomic E-state index is 12.8. The molecule has 0 atom stereocenters. The molecule has 0 saturated heterocycles. The number of amides is 2. The minimum absolute atomic E-state index is 0.136. The van der Waals surface area contributed by atoms with Gasteiger partial charge in [0.15, 0.2) is 0 Å². The molecule has 132 valence electrons. The molecule has 0 spiro atoms. The lowest BCUT2D eigenvalue weighted by molar-refractivity contribution is 0.199. The number of halogens is 1. The number of urea groups is 1. The third kappa shape index (κ3) is 5.55. The van der Waals surface area contributed by atoms with Gasteiger partial charge in [-0.25, -0.2) is 4.79 Å². The molecule has 3 aromatic rings. The lowest BCUT2D eigenvalue weighted by Gasteiger charge is -2.23. The van der Waals surface area contributed by atoms with E-state index in [1.165, 1.54) is 11.9 Å². The van der Waals surface area contributed by atoms with E-state index in [0.29, 0.717) is 18.1 Å². The Morgan fingerprint density at radius 3 is 1.96 bits per heavy atom. The number of hydrogen-bond acceptors (Lipinski definition) is 2. The largest absolute Gasteiger partial charge is 0.328 e. The predicted octanol–water partition coefficient (Wildman–Crippen LogP) is 5.76. The zero-order valence-corrected chi connectivity index (χ0v) is 15.7. The van der Waals surface area contributed by atoms with Crippen LogP contribution in [-0.2, 0) is 13.1 Å². The monoisotopic (exact) mass is 382 g/mol. The number of carbonyl (C=O) groups excluding carboxylic acids is 1. The Morgan fingerprint density at radius 2 is 1.42 bits per heavy atom. The van der Waals surface area contributed by atoms with Crippen LogP contribution < -0.4 is 4.72 Å². The first-order chi connectivity index (χ1) is 12.7. The lowest BCUT2D eigenvalue weighted by Crippen LogP contribution is -2.36. The summed E-state index contributed by atoms with van der Waals surface area (Å²) < 4.78 is 2.91. The summed E-state index contributed by atoms with van der Waals surface area (Å²) in [7, 11) is 0. The maximum atomic E-state index is 12.8. The van der Waals surface area contributed by atoms with Gasteiger partial charge >= 0.3 is 6.03 Å². The predicted molar refractivity (Wildman–Crippen MR) is 108 cm³/mol. The minimum Gasteiger partial charge on any atom is -0.315 e. The third-order valence-corrected chi connectivity index (χ3v) is 4.77. The molecule has 0 aromatic heterocycles. The van der Waals surface area contributed by atoms with Crippen LogP contribution in [0.3, 0.4) is 0 Å². The van der Waals surface area contributed by atoms with E-state index in [4.69, 9.17) is 11.6 Å². The highest BCUT2D eigenvalue weighted by atomic mass is 35.5. The van der Waals surface area contributed by atoms with Crippen molar-refractivity contribution >= 4 is 29.6 Å². The fraction of sp³-hybridized carbons (Fsp3) is 0.0952. The highest BCUT2D eigenvalue weighted by Gasteiger charge is 2.15. The maximum Gasteiger partial charge on any atom is 0.328 e. The molecule has 0 fully saturated rings. The number of nitrogens with one attached hydrogen (secondary N) is 1. The molecule has 0 aliphatic carbocycles. The van der Waals surface area contributed by atoms with Gasteiger partial charge in [0.05, 0.1) is 0 Å². The Morgan fingerprint density at radius 1 is 0.846 bits per heavy atom. The molecule has 3 aromatic carbocycles.